The Morgan fingerprint density at radius 2 is 1.59 bits per heavy atom. The molecule has 0 amide bonds. The van der Waals surface area contributed by atoms with Gasteiger partial charge in [0.2, 0.25) is 0 Å². The van der Waals surface area contributed by atoms with Crippen molar-refractivity contribution in [3.63, 3.8) is 0 Å². The Morgan fingerprint density at radius 1 is 1.00 bits per heavy atom. The Morgan fingerprint density at radius 3 is 2.18 bits per heavy atom. The lowest BCUT2D eigenvalue weighted by molar-refractivity contribution is 0.156. The fourth-order valence-electron chi connectivity index (χ4n) is 2.59. The molecule has 0 radical (unpaired) electrons. The van der Waals surface area contributed by atoms with Crippen LogP contribution in [0.2, 0.25) is 0 Å². The first-order chi connectivity index (χ1) is 7.74. The molecule has 1 N–H and O–H groups in total. The van der Waals surface area contributed by atoms with Crippen molar-refractivity contribution in [2.45, 2.75) is 47.1 Å². The molecule has 0 bridgehead atoms. The lowest BCUT2D eigenvalue weighted by Crippen LogP contribution is -2.29. The summed E-state index contributed by atoms with van der Waals surface area (Å²) in [6.45, 7) is 12.1. The second kappa shape index (κ2) is 3.52. The first kappa shape index (κ1) is 12.0. The molecule has 0 atom stereocenters. The highest BCUT2D eigenvalue weighted by Crippen LogP contribution is 2.45. The van der Waals surface area contributed by atoms with Crippen LogP contribution in [0.5, 0.6) is 11.5 Å². The molecule has 17 heavy (non-hydrogen) atoms. The van der Waals surface area contributed by atoms with Crippen molar-refractivity contribution in [2.75, 3.05) is 0 Å². The lowest BCUT2D eigenvalue weighted by atomic mass is 9.88. The minimum Gasteiger partial charge on any atom is -0.507 e. The van der Waals surface area contributed by atoms with Crippen LogP contribution in [0.1, 0.15) is 43.0 Å². The van der Waals surface area contributed by atoms with E-state index in [1.807, 2.05) is 20.8 Å². The predicted molar refractivity (Wildman–Crippen MR) is 70.7 cm³/mol. The molecule has 0 fully saturated rings. The van der Waals surface area contributed by atoms with E-state index in [1.165, 1.54) is 5.57 Å². The normalized spacial score (nSPS) is 17.2. The highest BCUT2D eigenvalue weighted by molar-refractivity contribution is 5.78. The van der Waals surface area contributed by atoms with Crippen molar-refractivity contribution >= 4 is 5.57 Å². The second-order valence-corrected chi connectivity index (χ2v) is 5.46. The first-order valence-electron chi connectivity index (χ1n) is 5.96. The molecule has 0 saturated heterocycles. The van der Waals surface area contributed by atoms with Gasteiger partial charge in [-0.3, -0.25) is 0 Å². The van der Waals surface area contributed by atoms with Gasteiger partial charge in [0.05, 0.1) is 0 Å². The molecular weight excluding hydrogens is 212 g/mol. The Hall–Kier alpha value is -1.44. The molecule has 0 aliphatic carbocycles. The topological polar surface area (TPSA) is 29.5 Å². The molecule has 92 valence electrons. The minimum atomic E-state index is -0.280. The van der Waals surface area contributed by atoms with Crippen LogP contribution in [0.25, 0.3) is 5.57 Å². The third-order valence-electron chi connectivity index (χ3n) is 3.54. The summed E-state index contributed by atoms with van der Waals surface area (Å²) >= 11 is 0. The summed E-state index contributed by atoms with van der Waals surface area (Å²) in [6, 6.07) is 0. The van der Waals surface area contributed by atoms with Crippen molar-refractivity contribution in [3.05, 3.63) is 28.3 Å². The summed E-state index contributed by atoms with van der Waals surface area (Å²) in [4.78, 5) is 0. The largest absolute Gasteiger partial charge is 0.507 e. The number of rotatable bonds is 0. The van der Waals surface area contributed by atoms with Crippen molar-refractivity contribution in [3.8, 4) is 11.5 Å². The van der Waals surface area contributed by atoms with E-state index in [0.29, 0.717) is 5.75 Å². The molecular formula is C15H20O2. The van der Waals surface area contributed by atoms with E-state index < -0.39 is 0 Å². The summed E-state index contributed by atoms with van der Waals surface area (Å²) < 4.78 is 6.05. The number of allylic oxidation sites excluding steroid dienone is 1. The van der Waals surface area contributed by atoms with E-state index >= 15 is 0 Å². The average Bonchev–Trinajstić information content (AvgIpc) is 2.21. The molecule has 0 aromatic heterocycles. The number of hydrogen-bond acceptors (Lipinski definition) is 2. The van der Waals surface area contributed by atoms with Gasteiger partial charge in [0, 0.05) is 11.1 Å². The number of hydrogen-bond donors (Lipinski definition) is 1. The van der Waals surface area contributed by atoms with Crippen LogP contribution >= 0.6 is 0 Å². The number of ether oxygens (including phenoxy) is 1. The molecule has 2 heteroatoms. The maximum absolute atomic E-state index is 10.1. The molecule has 2 rings (SSSR count). The van der Waals surface area contributed by atoms with Gasteiger partial charge in [0.15, 0.2) is 0 Å². The standard InChI is InChI=1S/C15H20O2/c1-8-7-15(5,6)17-14-10(3)9(2)13(16)11(4)12(8)14/h7,16H,1-6H3. The fourth-order valence-corrected chi connectivity index (χ4v) is 2.59. The van der Waals surface area contributed by atoms with Crippen LogP contribution in [0.4, 0.5) is 0 Å². The smallest absolute Gasteiger partial charge is 0.131 e. The van der Waals surface area contributed by atoms with Crippen molar-refractivity contribution < 1.29 is 9.84 Å². The van der Waals surface area contributed by atoms with Gasteiger partial charge in [-0.2, -0.15) is 0 Å². The summed E-state index contributed by atoms with van der Waals surface area (Å²) in [7, 11) is 0. The van der Waals surface area contributed by atoms with Crippen LogP contribution in [0.3, 0.4) is 0 Å². The van der Waals surface area contributed by atoms with E-state index in [1.54, 1.807) is 0 Å². The minimum absolute atomic E-state index is 0.280. The third-order valence-corrected chi connectivity index (χ3v) is 3.54. The van der Waals surface area contributed by atoms with Crippen LogP contribution in [-0.4, -0.2) is 10.7 Å². The Kier molecular flexibility index (Phi) is 2.49. The zero-order valence-corrected chi connectivity index (χ0v) is 11.4. The van der Waals surface area contributed by atoms with Crippen LogP contribution in [-0.2, 0) is 0 Å². The van der Waals surface area contributed by atoms with E-state index in [2.05, 4.69) is 26.8 Å². The zero-order valence-electron chi connectivity index (χ0n) is 11.4. The highest BCUT2D eigenvalue weighted by atomic mass is 16.5. The Labute approximate surface area is 103 Å². The van der Waals surface area contributed by atoms with Gasteiger partial charge in [-0.15, -0.1) is 0 Å². The summed E-state index contributed by atoms with van der Waals surface area (Å²) in [6.07, 6.45) is 2.11. The SMILES string of the molecule is CC1=CC(C)(C)Oc2c(C)c(C)c(O)c(C)c21. The number of fused-ring (bicyclic) bond motifs is 1. The third kappa shape index (κ3) is 1.72. The quantitative estimate of drug-likeness (QED) is 0.735. The van der Waals surface area contributed by atoms with Crippen LogP contribution in [0.15, 0.2) is 6.08 Å². The molecule has 1 aliphatic heterocycles. The van der Waals surface area contributed by atoms with Gasteiger partial charge in [0.25, 0.3) is 0 Å². The number of phenolic OH excluding ortho intramolecular Hbond substituents is 1. The predicted octanol–water partition coefficient (Wildman–Crippen LogP) is 3.89. The molecule has 0 saturated carbocycles. The van der Waals surface area contributed by atoms with Crippen molar-refractivity contribution in [1.82, 2.24) is 0 Å². The highest BCUT2D eigenvalue weighted by Gasteiger charge is 2.29. The zero-order chi connectivity index (χ0) is 13.0. The Bertz CT molecular complexity index is 522. The average molecular weight is 232 g/mol. The van der Waals surface area contributed by atoms with E-state index in [0.717, 1.165) is 28.0 Å². The number of benzene rings is 1. The van der Waals surface area contributed by atoms with E-state index in [4.69, 9.17) is 4.74 Å². The molecule has 0 unspecified atom stereocenters. The number of phenols is 1. The van der Waals surface area contributed by atoms with E-state index in [9.17, 15) is 5.11 Å². The van der Waals surface area contributed by atoms with Crippen molar-refractivity contribution in [1.29, 1.82) is 0 Å². The van der Waals surface area contributed by atoms with E-state index in [-0.39, 0.29) is 5.60 Å². The molecule has 1 aliphatic rings. The van der Waals surface area contributed by atoms with Crippen molar-refractivity contribution in [2.24, 2.45) is 0 Å². The fraction of sp³-hybridized carbons (Fsp3) is 0.467. The van der Waals surface area contributed by atoms with Crippen LogP contribution in [0, 0.1) is 20.8 Å². The lowest BCUT2D eigenvalue weighted by Gasteiger charge is -2.33. The molecule has 1 heterocycles. The van der Waals surface area contributed by atoms with Gasteiger partial charge in [-0.25, -0.2) is 0 Å². The summed E-state index contributed by atoms with van der Waals surface area (Å²) in [5, 5.41) is 10.1. The van der Waals surface area contributed by atoms with Gasteiger partial charge in [0.1, 0.15) is 17.1 Å². The molecule has 1 aromatic carbocycles. The second-order valence-electron chi connectivity index (χ2n) is 5.46. The Balaban J connectivity index is 2.81. The van der Waals surface area contributed by atoms with Gasteiger partial charge >= 0.3 is 0 Å². The molecule has 2 nitrogen and oxygen atoms in total. The number of aromatic hydroxyl groups is 1. The molecule has 1 aromatic rings. The monoisotopic (exact) mass is 232 g/mol. The first-order valence-corrected chi connectivity index (χ1v) is 5.96. The van der Waals surface area contributed by atoms with Gasteiger partial charge < -0.3 is 9.84 Å². The van der Waals surface area contributed by atoms with Gasteiger partial charge in [-0.05, 0) is 64.3 Å². The van der Waals surface area contributed by atoms with Gasteiger partial charge in [-0.1, -0.05) is 0 Å². The van der Waals surface area contributed by atoms with Crippen LogP contribution < -0.4 is 4.74 Å². The summed E-state index contributed by atoms with van der Waals surface area (Å²) in [5.74, 6) is 1.31. The maximum Gasteiger partial charge on any atom is 0.131 e. The maximum atomic E-state index is 10.1. The molecule has 0 spiro atoms. The summed E-state index contributed by atoms with van der Waals surface area (Å²) in [5.41, 5.74) is 4.79.